The van der Waals surface area contributed by atoms with Gasteiger partial charge in [-0.1, -0.05) is 6.42 Å². The highest BCUT2D eigenvalue weighted by Crippen LogP contribution is 2.40. The Bertz CT molecular complexity index is 701. The Morgan fingerprint density at radius 1 is 1.19 bits per heavy atom. The Balaban J connectivity index is 1.73. The van der Waals surface area contributed by atoms with Crippen LogP contribution in [0.25, 0.3) is 10.9 Å². The van der Waals surface area contributed by atoms with Gasteiger partial charge in [0.05, 0.1) is 11.1 Å². The lowest BCUT2D eigenvalue weighted by Gasteiger charge is -2.20. The maximum absolute atomic E-state index is 11.4. The molecule has 1 N–H and O–H groups in total. The summed E-state index contributed by atoms with van der Waals surface area (Å²) in [6, 6.07) is 7.58. The number of rotatable bonds is 2. The van der Waals surface area contributed by atoms with Crippen molar-refractivity contribution in [3.8, 4) is 0 Å². The third kappa shape index (κ3) is 2.06. The zero-order valence-corrected chi connectivity index (χ0v) is 11.8. The summed E-state index contributed by atoms with van der Waals surface area (Å²) in [7, 11) is 0. The lowest BCUT2D eigenvalue weighted by atomic mass is 10.0. The molecule has 1 aromatic heterocycles. The van der Waals surface area contributed by atoms with Crippen molar-refractivity contribution in [2.45, 2.75) is 19.3 Å². The standard InChI is InChI=1S/C17H18N2O2/c20-17(21)14-6-7-18-16-5-4-13(8-15(14)16)19-9-11-2-1-3-12(11)10-19/h4-8,11-12H,1-3,9-10H2,(H,20,21). The van der Waals surface area contributed by atoms with Gasteiger partial charge in [-0.05, 0) is 48.9 Å². The number of fused-ring (bicyclic) bond motifs is 2. The fourth-order valence-electron chi connectivity index (χ4n) is 3.96. The van der Waals surface area contributed by atoms with E-state index in [0.717, 1.165) is 41.5 Å². The number of aromatic nitrogens is 1. The van der Waals surface area contributed by atoms with E-state index in [1.165, 1.54) is 19.3 Å². The van der Waals surface area contributed by atoms with E-state index in [0.29, 0.717) is 5.56 Å². The minimum Gasteiger partial charge on any atom is -0.478 e. The highest BCUT2D eigenvalue weighted by molar-refractivity contribution is 6.03. The number of benzene rings is 1. The second kappa shape index (κ2) is 4.72. The van der Waals surface area contributed by atoms with Gasteiger partial charge in [-0.15, -0.1) is 0 Å². The molecule has 1 aliphatic heterocycles. The first-order chi connectivity index (χ1) is 10.2. The number of hydrogen-bond donors (Lipinski definition) is 1. The molecule has 0 radical (unpaired) electrons. The van der Waals surface area contributed by atoms with Crippen molar-refractivity contribution in [2.24, 2.45) is 11.8 Å². The highest BCUT2D eigenvalue weighted by Gasteiger charge is 2.36. The van der Waals surface area contributed by atoms with Crippen molar-refractivity contribution in [1.82, 2.24) is 4.98 Å². The molecule has 1 aromatic carbocycles. The van der Waals surface area contributed by atoms with E-state index in [2.05, 4.69) is 16.0 Å². The molecule has 2 aromatic rings. The van der Waals surface area contributed by atoms with Crippen molar-refractivity contribution < 1.29 is 9.90 Å². The lowest BCUT2D eigenvalue weighted by Crippen LogP contribution is -2.20. The molecule has 2 unspecified atom stereocenters. The van der Waals surface area contributed by atoms with Crippen LogP contribution in [-0.4, -0.2) is 29.1 Å². The SMILES string of the molecule is O=C(O)c1ccnc2ccc(N3CC4CCCC4C3)cc12. The minimum atomic E-state index is -0.891. The zero-order valence-electron chi connectivity index (χ0n) is 11.8. The van der Waals surface area contributed by atoms with E-state index in [1.54, 1.807) is 12.3 Å². The van der Waals surface area contributed by atoms with E-state index in [4.69, 9.17) is 0 Å². The van der Waals surface area contributed by atoms with Crippen LogP contribution in [0, 0.1) is 11.8 Å². The van der Waals surface area contributed by atoms with Crippen molar-refractivity contribution in [3.05, 3.63) is 36.0 Å². The van der Waals surface area contributed by atoms with Crippen molar-refractivity contribution in [3.63, 3.8) is 0 Å². The van der Waals surface area contributed by atoms with Crippen molar-refractivity contribution >= 4 is 22.6 Å². The van der Waals surface area contributed by atoms with E-state index in [9.17, 15) is 9.90 Å². The molecule has 0 spiro atoms. The number of anilines is 1. The Hall–Kier alpha value is -2.10. The van der Waals surface area contributed by atoms with Gasteiger partial charge >= 0.3 is 5.97 Å². The average Bonchev–Trinajstić information content (AvgIpc) is 3.07. The molecule has 1 saturated carbocycles. The molecule has 2 heterocycles. The first kappa shape index (κ1) is 12.6. The number of carboxylic acids is 1. The summed E-state index contributed by atoms with van der Waals surface area (Å²) in [5, 5.41) is 10.1. The van der Waals surface area contributed by atoms with Crippen LogP contribution in [0.1, 0.15) is 29.6 Å². The van der Waals surface area contributed by atoms with Crippen LogP contribution in [0.2, 0.25) is 0 Å². The first-order valence-corrected chi connectivity index (χ1v) is 7.59. The number of hydrogen-bond acceptors (Lipinski definition) is 3. The maximum Gasteiger partial charge on any atom is 0.336 e. The Morgan fingerprint density at radius 2 is 1.95 bits per heavy atom. The Labute approximate surface area is 123 Å². The number of carbonyl (C=O) groups is 1. The first-order valence-electron chi connectivity index (χ1n) is 7.59. The largest absolute Gasteiger partial charge is 0.478 e. The van der Waals surface area contributed by atoms with Gasteiger partial charge in [-0.3, -0.25) is 4.98 Å². The van der Waals surface area contributed by atoms with Gasteiger partial charge in [0.1, 0.15) is 0 Å². The second-order valence-electron chi connectivity index (χ2n) is 6.22. The molecule has 2 atom stereocenters. The number of carboxylic acid groups (broad SMARTS) is 1. The van der Waals surface area contributed by atoms with E-state index < -0.39 is 5.97 Å². The molecule has 2 aliphatic rings. The Kier molecular flexibility index (Phi) is 2.84. The molecule has 4 nitrogen and oxygen atoms in total. The third-order valence-corrected chi connectivity index (χ3v) is 5.05. The number of pyridine rings is 1. The van der Waals surface area contributed by atoms with Gasteiger partial charge in [-0.2, -0.15) is 0 Å². The van der Waals surface area contributed by atoms with Gasteiger partial charge in [0, 0.05) is 30.4 Å². The number of nitrogens with zero attached hydrogens (tertiary/aromatic N) is 2. The van der Waals surface area contributed by atoms with Gasteiger partial charge in [-0.25, -0.2) is 4.79 Å². The van der Waals surface area contributed by atoms with Crippen LogP contribution in [-0.2, 0) is 0 Å². The fraction of sp³-hybridized carbons (Fsp3) is 0.412. The highest BCUT2D eigenvalue weighted by atomic mass is 16.4. The van der Waals surface area contributed by atoms with Crippen LogP contribution < -0.4 is 4.90 Å². The fourth-order valence-corrected chi connectivity index (χ4v) is 3.96. The van der Waals surface area contributed by atoms with Crippen molar-refractivity contribution in [2.75, 3.05) is 18.0 Å². The predicted molar refractivity (Wildman–Crippen MR) is 81.7 cm³/mol. The molecule has 0 bridgehead atoms. The molecule has 1 aliphatic carbocycles. The topological polar surface area (TPSA) is 53.4 Å². The Morgan fingerprint density at radius 3 is 2.67 bits per heavy atom. The molecule has 4 heteroatoms. The maximum atomic E-state index is 11.4. The van der Waals surface area contributed by atoms with Crippen LogP contribution in [0.4, 0.5) is 5.69 Å². The van der Waals surface area contributed by atoms with Crippen LogP contribution in [0.3, 0.4) is 0 Å². The van der Waals surface area contributed by atoms with Crippen LogP contribution in [0.15, 0.2) is 30.5 Å². The van der Waals surface area contributed by atoms with Gasteiger partial charge in [0.2, 0.25) is 0 Å². The van der Waals surface area contributed by atoms with Crippen LogP contribution in [0.5, 0.6) is 0 Å². The summed E-state index contributed by atoms with van der Waals surface area (Å²) in [5.41, 5.74) is 2.21. The smallest absolute Gasteiger partial charge is 0.336 e. The summed E-state index contributed by atoms with van der Waals surface area (Å²) in [4.78, 5) is 18.0. The van der Waals surface area contributed by atoms with E-state index in [-0.39, 0.29) is 0 Å². The van der Waals surface area contributed by atoms with Gasteiger partial charge in [0.15, 0.2) is 0 Å². The zero-order chi connectivity index (χ0) is 14.4. The van der Waals surface area contributed by atoms with E-state index >= 15 is 0 Å². The molecule has 2 fully saturated rings. The predicted octanol–water partition coefficient (Wildman–Crippen LogP) is 3.17. The summed E-state index contributed by atoms with van der Waals surface area (Å²) in [6.45, 7) is 2.22. The molecule has 21 heavy (non-hydrogen) atoms. The molecule has 1 saturated heterocycles. The lowest BCUT2D eigenvalue weighted by molar-refractivity contribution is 0.0699. The van der Waals surface area contributed by atoms with Gasteiger partial charge < -0.3 is 10.0 Å². The normalized spacial score (nSPS) is 24.5. The van der Waals surface area contributed by atoms with Crippen molar-refractivity contribution in [1.29, 1.82) is 0 Å². The summed E-state index contributed by atoms with van der Waals surface area (Å²) < 4.78 is 0. The molecular weight excluding hydrogens is 264 g/mol. The quantitative estimate of drug-likeness (QED) is 0.919. The summed E-state index contributed by atoms with van der Waals surface area (Å²) in [5.74, 6) is 0.764. The minimum absolute atomic E-state index is 0.334. The van der Waals surface area contributed by atoms with Gasteiger partial charge in [0.25, 0.3) is 0 Å². The van der Waals surface area contributed by atoms with Crippen LogP contribution >= 0.6 is 0 Å². The number of aromatic carboxylic acids is 1. The second-order valence-corrected chi connectivity index (χ2v) is 6.22. The third-order valence-electron chi connectivity index (χ3n) is 5.05. The molecule has 4 rings (SSSR count). The molecular formula is C17H18N2O2. The monoisotopic (exact) mass is 282 g/mol. The molecule has 0 amide bonds. The average molecular weight is 282 g/mol. The summed E-state index contributed by atoms with van der Waals surface area (Å²) >= 11 is 0. The summed E-state index contributed by atoms with van der Waals surface area (Å²) in [6.07, 6.45) is 5.62. The van der Waals surface area contributed by atoms with E-state index in [1.807, 2.05) is 12.1 Å². The molecule has 108 valence electrons.